The molecule has 1 aromatic carbocycles. The average Bonchev–Trinajstić information content (AvgIpc) is 2.92. The summed E-state index contributed by atoms with van der Waals surface area (Å²) in [5, 5.41) is 2.80. The lowest BCUT2D eigenvalue weighted by atomic mass is 9.85. The van der Waals surface area contributed by atoms with Crippen LogP contribution in [0.4, 0.5) is 9.18 Å². The predicted molar refractivity (Wildman–Crippen MR) is 103 cm³/mol. The van der Waals surface area contributed by atoms with Gasteiger partial charge in [-0.15, -0.1) is 0 Å². The van der Waals surface area contributed by atoms with Crippen LogP contribution in [-0.2, 0) is 15.1 Å². The standard InChI is InChI=1S/C21H28FN3O3/c1-3-4-11-21(16-5-7-17(22)8-6-16)19(27)25(20(28)23-21)14-18(26)24-12-9-15(2)10-13-24/h5-8,15H,3-4,9-14H2,1-2H3,(H,23,28)/t21-/m1/s1. The first-order valence-electron chi connectivity index (χ1n) is 10.1. The molecule has 1 atom stereocenters. The molecule has 1 aromatic rings. The minimum atomic E-state index is -1.24. The van der Waals surface area contributed by atoms with Crippen molar-refractivity contribution >= 4 is 17.8 Å². The number of amides is 4. The average molecular weight is 389 g/mol. The summed E-state index contributed by atoms with van der Waals surface area (Å²) < 4.78 is 13.4. The summed E-state index contributed by atoms with van der Waals surface area (Å²) in [6.45, 7) is 5.21. The summed E-state index contributed by atoms with van der Waals surface area (Å²) in [5.74, 6) is -0.462. The first-order valence-corrected chi connectivity index (χ1v) is 10.1. The van der Waals surface area contributed by atoms with Gasteiger partial charge in [0, 0.05) is 13.1 Å². The van der Waals surface area contributed by atoms with E-state index in [0.29, 0.717) is 31.0 Å². The number of carbonyl (C=O) groups excluding carboxylic acids is 3. The fourth-order valence-corrected chi connectivity index (χ4v) is 3.95. The summed E-state index contributed by atoms with van der Waals surface area (Å²) >= 11 is 0. The van der Waals surface area contributed by atoms with Gasteiger partial charge in [-0.25, -0.2) is 9.18 Å². The molecule has 152 valence electrons. The van der Waals surface area contributed by atoms with Crippen molar-refractivity contribution in [3.05, 3.63) is 35.6 Å². The fraction of sp³-hybridized carbons (Fsp3) is 0.571. The number of hydrogen-bond donors (Lipinski definition) is 1. The predicted octanol–water partition coefficient (Wildman–Crippen LogP) is 3.02. The number of piperidine rings is 1. The number of rotatable bonds is 6. The Morgan fingerprint density at radius 3 is 2.46 bits per heavy atom. The number of nitrogens with zero attached hydrogens (tertiary/aromatic N) is 2. The third kappa shape index (κ3) is 3.88. The zero-order chi connectivity index (χ0) is 20.3. The molecular weight excluding hydrogens is 361 g/mol. The number of benzene rings is 1. The Bertz CT molecular complexity index is 744. The third-order valence-electron chi connectivity index (χ3n) is 5.85. The Hall–Kier alpha value is -2.44. The van der Waals surface area contributed by atoms with Crippen molar-refractivity contribution in [3.8, 4) is 0 Å². The normalized spacial score (nSPS) is 23.2. The highest BCUT2D eigenvalue weighted by atomic mass is 19.1. The van der Waals surface area contributed by atoms with Crippen LogP contribution in [0.3, 0.4) is 0 Å². The molecule has 2 aliphatic rings. The molecule has 28 heavy (non-hydrogen) atoms. The van der Waals surface area contributed by atoms with E-state index in [1.807, 2.05) is 6.92 Å². The first-order chi connectivity index (χ1) is 13.4. The van der Waals surface area contributed by atoms with Gasteiger partial charge in [-0.2, -0.15) is 0 Å². The van der Waals surface area contributed by atoms with Gasteiger partial charge in [-0.3, -0.25) is 14.5 Å². The molecule has 3 rings (SSSR count). The number of nitrogens with one attached hydrogen (secondary N) is 1. The van der Waals surface area contributed by atoms with Crippen molar-refractivity contribution in [1.29, 1.82) is 0 Å². The van der Waals surface area contributed by atoms with Gasteiger partial charge >= 0.3 is 6.03 Å². The number of unbranched alkanes of at least 4 members (excludes halogenated alkanes) is 1. The lowest BCUT2D eigenvalue weighted by molar-refractivity contribution is -0.140. The van der Waals surface area contributed by atoms with Crippen LogP contribution in [0.5, 0.6) is 0 Å². The van der Waals surface area contributed by atoms with Crippen molar-refractivity contribution in [2.75, 3.05) is 19.6 Å². The topological polar surface area (TPSA) is 69.7 Å². The van der Waals surface area contributed by atoms with Crippen molar-refractivity contribution in [1.82, 2.24) is 15.1 Å². The molecule has 0 radical (unpaired) electrons. The summed E-state index contributed by atoms with van der Waals surface area (Å²) in [4.78, 5) is 41.3. The minimum absolute atomic E-state index is 0.208. The number of hydrogen-bond acceptors (Lipinski definition) is 3. The second-order valence-electron chi connectivity index (χ2n) is 7.90. The van der Waals surface area contributed by atoms with E-state index in [0.717, 1.165) is 30.6 Å². The largest absolute Gasteiger partial charge is 0.341 e. The van der Waals surface area contributed by atoms with Gasteiger partial charge in [0.2, 0.25) is 5.91 Å². The van der Waals surface area contributed by atoms with E-state index < -0.39 is 23.3 Å². The van der Waals surface area contributed by atoms with E-state index >= 15 is 0 Å². The highest BCUT2D eigenvalue weighted by Crippen LogP contribution is 2.34. The lowest BCUT2D eigenvalue weighted by Crippen LogP contribution is -2.47. The third-order valence-corrected chi connectivity index (χ3v) is 5.85. The molecule has 0 bridgehead atoms. The number of imide groups is 1. The molecule has 2 aliphatic heterocycles. The maximum Gasteiger partial charge on any atom is 0.325 e. The smallest absolute Gasteiger partial charge is 0.325 e. The van der Waals surface area contributed by atoms with E-state index in [1.54, 1.807) is 4.90 Å². The van der Waals surface area contributed by atoms with Gasteiger partial charge in [0.1, 0.15) is 17.9 Å². The van der Waals surface area contributed by atoms with Gasteiger partial charge in [-0.05, 0) is 42.9 Å². The molecular formula is C21H28FN3O3. The van der Waals surface area contributed by atoms with Gasteiger partial charge in [0.05, 0.1) is 0 Å². The Kier molecular flexibility index (Phi) is 6.01. The Labute approximate surface area is 165 Å². The van der Waals surface area contributed by atoms with Crippen LogP contribution in [0, 0.1) is 11.7 Å². The highest BCUT2D eigenvalue weighted by molar-refractivity contribution is 6.09. The number of halogens is 1. The second kappa shape index (κ2) is 8.29. The van der Waals surface area contributed by atoms with Crippen LogP contribution in [0.15, 0.2) is 24.3 Å². The molecule has 0 saturated carbocycles. The molecule has 0 spiro atoms. The van der Waals surface area contributed by atoms with Gasteiger partial charge in [0.15, 0.2) is 0 Å². The van der Waals surface area contributed by atoms with E-state index in [1.165, 1.54) is 24.3 Å². The summed E-state index contributed by atoms with van der Waals surface area (Å²) in [7, 11) is 0. The van der Waals surface area contributed by atoms with Crippen molar-refractivity contribution < 1.29 is 18.8 Å². The van der Waals surface area contributed by atoms with E-state index in [2.05, 4.69) is 12.2 Å². The fourth-order valence-electron chi connectivity index (χ4n) is 3.95. The number of carbonyl (C=O) groups is 3. The van der Waals surface area contributed by atoms with Crippen LogP contribution in [0.25, 0.3) is 0 Å². The van der Waals surface area contributed by atoms with Crippen molar-refractivity contribution in [3.63, 3.8) is 0 Å². The first kappa shape index (κ1) is 20.3. The maximum absolute atomic E-state index is 13.4. The van der Waals surface area contributed by atoms with Gasteiger partial charge in [0.25, 0.3) is 5.91 Å². The highest BCUT2D eigenvalue weighted by Gasteiger charge is 2.52. The van der Waals surface area contributed by atoms with Crippen LogP contribution in [-0.4, -0.2) is 47.3 Å². The molecule has 2 saturated heterocycles. The van der Waals surface area contributed by atoms with Crippen molar-refractivity contribution in [2.24, 2.45) is 5.92 Å². The van der Waals surface area contributed by atoms with E-state index in [9.17, 15) is 18.8 Å². The quantitative estimate of drug-likeness (QED) is 0.761. The maximum atomic E-state index is 13.4. The monoisotopic (exact) mass is 389 g/mol. The Balaban J connectivity index is 1.80. The zero-order valence-corrected chi connectivity index (χ0v) is 16.5. The van der Waals surface area contributed by atoms with Crippen LogP contribution in [0.1, 0.15) is 51.5 Å². The van der Waals surface area contributed by atoms with Crippen LogP contribution in [0.2, 0.25) is 0 Å². The Morgan fingerprint density at radius 1 is 1.21 bits per heavy atom. The van der Waals surface area contributed by atoms with Crippen molar-refractivity contribution in [2.45, 2.75) is 51.5 Å². The van der Waals surface area contributed by atoms with Crippen LogP contribution < -0.4 is 5.32 Å². The summed E-state index contributed by atoms with van der Waals surface area (Å²) in [5.41, 5.74) is -0.695. The van der Waals surface area contributed by atoms with E-state index in [4.69, 9.17) is 0 Å². The number of likely N-dealkylation sites (tertiary alicyclic amines) is 1. The Morgan fingerprint density at radius 2 is 1.86 bits per heavy atom. The van der Waals surface area contributed by atoms with E-state index in [-0.39, 0.29) is 12.5 Å². The summed E-state index contributed by atoms with van der Waals surface area (Å²) in [6, 6.07) is 5.06. The second-order valence-corrected chi connectivity index (χ2v) is 7.90. The molecule has 0 aliphatic carbocycles. The lowest BCUT2D eigenvalue weighted by Gasteiger charge is -2.31. The zero-order valence-electron chi connectivity index (χ0n) is 16.5. The molecule has 2 heterocycles. The number of urea groups is 1. The minimum Gasteiger partial charge on any atom is -0.341 e. The van der Waals surface area contributed by atoms with Gasteiger partial charge < -0.3 is 10.2 Å². The van der Waals surface area contributed by atoms with Gasteiger partial charge in [-0.1, -0.05) is 38.8 Å². The molecule has 0 unspecified atom stereocenters. The molecule has 1 N–H and O–H groups in total. The molecule has 0 aromatic heterocycles. The summed E-state index contributed by atoms with van der Waals surface area (Å²) in [6.07, 6.45) is 3.83. The molecule has 6 nitrogen and oxygen atoms in total. The molecule has 4 amide bonds. The SMILES string of the molecule is CCCC[C@]1(c2ccc(F)cc2)NC(=O)N(CC(=O)N2CCC(C)CC2)C1=O. The van der Waals surface area contributed by atoms with Crippen LogP contribution >= 0.6 is 0 Å². The molecule has 2 fully saturated rings. The molecule has 7 heteroatoms.